The second kappa shape index (κ2) is 2.95. The zero-order chi connectivity index (χ0) is 11.2. The van der Waals surface area contributed by atoms with Crippen LogP contribution in [0.3, 0.4) is 0 Å². The predicted octanol–water partition coefficient (Wildman–Crippen LogP) is -1.19. The number of fused-ring (bicyclic) bond motifs is 1. The summed E-state index contributed by atoms with van der Waals surface area (Å²) in [5.41, 5.74) is -1.11. The number of carbonyl (C=O) groups excluding carboxylic acids is 2. The smallest absolute Gasteiger partial charge is 0.314 e. The minimum Gasteiger partial charge on any atom is -0.481 e. The molecule has 0 saturated carbocycles. The van der Waals surface area contributed by atoms with E-state index in [1.165, 1.54) is 11.8 Å². The quantitative estimate of drug-likeness (QED) is 0.572. The summed E-state index contributed by atoms with van der Waals surface area (Å²) in [6.45, 7) is 1.83. The van der Waals surface area contributed by atoms with Crippen LogP contribution in [0.2, 0.25) is 0 Å². The lowest BCUT2D eigenvalue weighted by Crippen LogP contribution is -2.41. The molecule has 0 aromatic heterocycles. The maximum absolute atomic E-state index is 11.2. The highest BCUT2D eigenvalue weighted by Crippen LogP contribution is 2.38. The third-order valence-corrected chi connectivity index (χ3v) is 3.23. The van der Waals surface area contributed by atoms with Crippen molar-refractivity contribution in [2.75, 3.05) is 13.1 Å². The molecular weight excluding hydrogens is 200 g/mol. The first-order chi connectivity index (χ1) is 6.95. The van der Waals surface area contributed by atoms with Gasteiger partial charge in [0.05, 0.1) is 6.04 Å². The van der Waals surface area contributed by atoms with Gasteiger partial charge in [-0.1, -0.05) is 0 Å². The van der Waals surface area contributed by atoms with Crippen molar-refractivity contribution in [2.24, 2.45) is 5.41 Å². The van der Waals surface area contributed by atoms with Crippen LogP contribution in [0.4, 0.5) is 0 Å². The third-order valence-electron chi connectivity index (χ3n) is 3.23. The Hall–Kier alpha value is -1.59. The summed E-state index contributed by atoms with van der Waals surface area (Å²) in [4.78, 5) is 35.0. The van der Waals surface area contributed by atoms with Crippen LogP contribution < -0.4 is 5.32 Å². The fourth-order valence-corrected chi connectivity index (χ4v) is 2.34. The van der Waals surface area contributed by atoms with Gasteiger partial charge in [0.2, 0.25) is 11.8 Å². The fourth-order valence-electron chi connectivity index (χ4n) is 2.34. The van der Waals surface area contributed by atoms with Gasteiger partial charge in [-0.2, -0.15) is 0 Å². The Labute approximate surface area is 86.2 Å². The van der Waals surface area contributed by atoms with Gasteiger partial charge < -0.3 is 15.3 Å². The molecule has 2 rings (SSSR count). The van der Waals surface area contributed by atoms with Gasteiger partial charge in [0.15, 0.2) is 0 Å². The average Bonchev–Trinajstić information content (AvgIpc) is 2.57. The van der Waals surface area contributed by atoms with Gasteiger partial charge in [-0.15, -0.1) is 0 Å². The second-order valence-corrected chi connectivity index (χ2v) is 4.16. The van der Waals surface area contributed by atoms with Crippen LogP contribution in [0.15, 0.2) is 0 Å². The van der Waals surface area contributed by atoms with E-state index in [2.05, 4.69) is 5.32 Å². The molecule has 2 amide bonds. The van der Waals surface area contributed by atoms with E-state index in [4.69, 9.17) is 5.11 Å². The standard InChI is InChI=1S/C9H12N2O4/c1-5(12)11-3-6-9(4-11,8(14)15)2-7(13)10-6/h6H,2-4H2,1H3,(H,10,13)(H,14,15)/t6-,9-/m0/s1. The van der Waals surface area contributed by atoms with Crippen LogP contribution in [0.5, 0.6) is 0 Å². The molecular formula is C9H12N2O4. The molecule has 2 atom stereocenters. The summed E-state index contributed by atoms with van der Waals surface area (Å²) in [6.07, 6.45) is -0.0310. The van der Waals surface area contributed by atoms with E-state index in [9.17, 15) is 14.4 Å². The summed E-state index contributed by atoms with van der Waals surface area (Å²) < 4.78 is 0. The summed E-state index contributed by atoms with van der Waals surface area (Å²) in [5, 5.41) is 11.8. The zero-order valence-electron chi connectivity index (χ0n) is 8.32. The first-order valence-electron chi connectivity index (χ1n) is 4.74. The van der Waals surface area contributed by atoms with Crippen molar-refractivity contribution in [3.05, 3.63) is 0 Å². The number of amides is 2. The normalized spacial score (nSPS) is 33.8. The lowest BCUT2D eigenvalue weighted by Gasteiger charge is -2.20. The van der Waals surface area contributed by atoms with Crippen molar-refractivity contribution < 1.29 is 19.5 Å². The van der Waals surface area contributed by atoms with Crippen LogP contribution in [0.1, 0.15) is 13.3 Å². The number of carbonyl (C=O) groups is 3. The van der Waals surface area contributed by atoms with Crippen LogP contribution in [-0.2, 0) is 14.4 Å². The van der Waals surface area contributed by atoms with Crippen LogP contribution in [-0.4, -0.2) is 46.9 Å². The number of likely N-dealkylation sites (tertiary alicyclic amines) is 1. The Morgan fingerprint density at radius 1 is 1.60 bits per heavy atom. The van der Waals surface area contributed by atoms with Crippen molar-refractivity contribution in [1.29, 1.82) is 0 Å². The molecule has 15 heavy (non-hydrogen) atoms. The Morgan fingerprint density at radius 3 is 2.73 bits per heavy atom. The molecule has 2 aliphatic rings. The molecule has 2 N–H and O–H groups in total. The van der Waals surface area contributed by atoms with Crippen LogP contribution in [0.25, 0.3) is 0 Å². The monoisotopic (exact) mass is 212 g/mol. The fraction of sp³-hybridized carbons (Fsp3) is 0.667. The van der Waals surface area contributed by atoms with Crippen molar-refractivity contribution in [1.82, 2.24) is 10.2 Å². The van der Waals surface area contributed by atoms with Crippen molar-refractivity contribution in [3.8, 4) is 0 Å². The Balaban J connectivity index is 2.28. The molecule has 0 aromatic rings. The summed E-state index contributed by atoms with van der Waals surface area (Å²) in [5.74, 6) is -1.40. The molecule has 2 saturated heterocycles. The Kier molecular flexibility index (Phi) is 1.95. The van der Waals surface area contributed by atoms with Gasteiger partial charge in [0, 0.05) is 26.4 Å². The Morgan fingerprint density at radius 2 is 2.27 bits per heavy atom. The van der Waals surface area contributed by atoms with E-state index < -0.39 is 17.4 Å². The lowest BCUT2D eigenvalue weighted by atomic mass is 9.83. The molecule has 2 aliphatic heterocycles. The van der Waals surface area contributed by atoms with Gasteiger partial charge in [-0.3, -0.25) is 14.4 Å². The molecule has 0 bridgehead atoms. The van der Waals surface area contributed by atoms with E-state index in [1.54, 1.807) is 0 Å². The number of nitrogens with zero attached hydrogens (tertiary/aromatic N) is 1. The molecule has 0 radical (unpaired) electrons. The van der Waals surface area contributed by atoms with E-state index in [0.29, 0.717) is 6.54 Å². The van der Waals surface area contributed by atoms with Gasteiger partial charge in [-0.25, -0.2) is 0 Å². The number of hydrogen-bond acceptors (Lipinski definition) is 3. The number of carboxylic acids is 1. The summed E-state index contributed by atoms with van der Waals surface area (Å²) in [6, 6.07) is -0.439. The summed E-state index contributed by atoms with van der Waals surface area (Å²) >= 11 is 0. The third kappa shape index (κ3) is 1.28. The minimum atomic E-state index is -1.11. The molecule has 0 unspecified atom stereocenters. The zero-order valence-corrected chi connectivity index (χ0v) is 8.32. The van der Waals surface area contributed by atoms with E-state index >= 15 is 0 Å². The SMILES string of the molecule is CC(=O)N1C[C@@H]2NC(=O)C[C@]2(C(=O)O)C1. The highest BCUT2D eigenvalue weighted by molar-refractivity contribution is 5.91. The van der Waals surface area contributed by atoms with Crippen molar-refractivity contribution >= 4 is 17.8 Å². The van der Waals surface area contributed by atoms with E-state index in [0.717, 1.165) is 0 Å². The average molecular weight is 212 g/mol. The van der Waals surface area contributed by atoms with Gasteiger partial charge >= 0.3 is 5.97 Å². The number of carboxylic acid groups (broad SMARTS) is 1. The molecule has 0 aliphatic carbocycles. The van der Waals surface area contributed by atoms with Gasteiger partial charge in [0.25, 0.3) is 0 Å². The molecule has 6 heteroatoms. The van der Waals surface area contributed by atoms with Crippen LogP contribution >= 0.6 is 0 Å². The number of aliphatic carboxylic acids is 1. The highest BCUT2D eigenvalue weighted by atomic mass is 16.4. The first-order valence-corrected chi connectivity index (χ1v) is 4.74. The van der Waals surface area contributed by atoms with Gasteiger partial charge in [0.1, 0.15) is 5.41 Å². The van der Waals surface area contributed by atoms with Crippen LogP contribution in [0, 0.1) is 5.41 Å². The molecule has 2 heterocycles. The van der Waals surface area contributed by atoms with Gasteiger partial charge in [-0.05, 0) is 0 Å². The second-order valence-electron chi connectivity index (χ2n) is 4.16. The molecule has 6 nitrogen and oxygen atoms in total. The first kappa shape index (κ1) is 9.95. The number of nitrogens with one attached hydrogen (secondary N) is 1. The molecule has 0 spiro atoms. The van der Waals surface area contributed by atoms with Crippen molar-refractivity contribution in [2.45, 2.75) is 19.4 Å². The molecule has 0 aromatic carbocycles. The maximum atomic E-state index is 11.2. The predicted molar refractivity (Wildman–Crippen MR) is 48.9 cm³/mol. The molecule has 2 fully saturated rings. The highest BCUT2D eigenvalue weighted by Gasteiger charge is 2.58. The van der Waals surface area contributed by atoms with E-state index in [-0.39, 0.29) is 24.8 Å². The summed E-state index contributed by atoms with van der Waals surface area (Å²) in [7, 11) is 0. The van der Waals surface area contributed by atoms with E-state index in [1.807, 2.05) is 0 Å². The molecule has 82 valence electrons. The largest absolute Gasteiger partial charge is 0.481 e. The minimum absolute atomic E-state index is 0.0310. The topological polar surface area (TPSA) is 86.7 Å². The van der Waals surface area contributed by atoms with Crippen molar-refractivity contribution in [3.63, 3.8) is 0 Å². The Bertz CT molecular complexity index is 354. The lowest BCUT2D eigenvalue weighted by molar-refractivity contribution is -0.149. The maximum Gasteiger partial charge on any atom is 0.314 e. The number of rotatable bonds is 1. The number of hydrogen-bond donors (Lipinski definition) is 2.